The van der Waals surface area contributed by atoms with Crippen molar-refractivity contribution in [3.63, 3.8) is 0 Å². The molecule has 1 saturated heterocycles. The average molecular weight is 442 g/mol. The van der Waals surface area contributed by atoms with Crippen LogP contribution in [-0.2, 0) is 11.3 Å². The molecule has 2 amide bonds. The fourth-order valence-corrected chi connectivity index (χ4v) is 4.75. The lowest BCUT2D eigenvalue weighted by Crippen LogP contribution is -2.44. The van der Waals surface area contributed by atoms with E-state index in [1.807, 2.05) is 53.7 Å². The number of pyridine rings is 2. The minimum atomic E-state index is -0.168. The van der Waals surface area contributed by atoms with Gasteiger partial charge in [-0.1, -0.05) is 18.2 Å². The Labute approximate surface area is 193 Å². The molecule has 2 aliphatic heterocycles. The molecular formula is C26H27N5O2. The quantitative estimate of drug-likeness (QED) is 0.621. The molecule has 0 N–H and O–H groups in total. The number of benzene rings is 1. The highest BCUT2D eigenvalue weighted by molar-refractivity contribution is 6.01. The minimum absolute atomic E-state index is 0.0336. The van der Waals surface area contributed by atoms with Crippen LogP contribution in [-0.4, -0.2) is 52.9 Å². The van der Waals surface area contributed by atoms with Crippen molar-refractivity contribution in [2.24, 2.45) is 5.92 Å². The summed E-state index contributed by atoms with van der Waals surface area (Å²) < 4.78 is 0. The van der Waals surface area contributed by atoms with Crippen LogP contribution in [0.2, 0.25) is 0 Å². The van der Waals surface area contributed by atoms with Gasteiger partial charge in [-0.25, -0.2) is 0 Å². The molecule has 1 fully saturated rings. The number of anilines is 2. The Morgan fingerprint density at radius 3 is 2.45 bits per heavy atom. The molecule has 0 unspecified atom stereocenters. The Bertz CT molecular complexity index is 1110. The molecule has 0 spiro atoms. The van der Waals surface area contributed by atoms with Gasteiger partial charge in [-0.3, -0.25) is 19.6 Å². The highest BCUT2D eigenvalue weighted by Gasteiger charge is 2.31. The second kappa shape index (κ2) is 9.40. The molecule has 0 aliphatic carbocycles. The number of aromatic nitrogens is 2. The summed E-state index contributed by atoms with van der Waals surface area (Å²) in [5, 5.41) is 0. The van der Waals surface area contributed by atoms with Gasteiger partial charge in [0.1, 0.15) is 6.54 Å². The van der Waals surface area contributed by atoms with E-state index < -0.39 is 0 Å². The molecule has 3 aromatic rings. The van der Waals surface area contributed by atoms with Crippen LogP contribution >= 0.6 is 0 Å². The van der Waals surface area contributed by atoms with Gasteiger partial charge in [-0.05, 0) is 54.7 Å². The Morgan fingerprint density at radius 1 is 0.909 bits per heavy atom. The molecular weight excluding hydrogens is 414 g/mol. The fraction of sp³-hybridized carbons (Fsp3) is 0.308. The van der Waals surface area contributed by atoms with E-state index in [0.717, 1.165) is 37.2 Å². The van der Waals surface area contributed by atoms with Crippen LogP contribution in [0, 0.1) is 5.92 Å². The van der Waals surface area contributed by atoms with E-state index in [4.69, 9.17) is 0 Å². The summed E-state index contributed by atoms with van der Waals surface area (Å²) in [5.74, 6) is 0.216. The van der Waals surface area contributed by atoms with Crippen LogP contribution in [0.3, 0.4) is 0 Å². The van der Waals surface area contributed by atoms with E-state index in [1.54, 1.807) is 29.4 Å². The van der Waals surface area contributed by atoms with Crippen LogP contribution in [0.25, 0.3) is 0 Å². The number of para-hydroxylation sites is 1. The summed E-state index contributed by atoms with van der Waals surface area (Å²) in [5.41, 5.74) is 3.61. The first-order valence-electron chi connectivity index (χ1n) is 11.4. The number of rotatable bonds is 4. The molecule has 2 aliphatic rings. The Hall–Kier alpha value is -3.74. The van der Waals surface area contributed by atoms with Gasteiger partial charge in [0.2, 0.25) is 5.91 Å². The maximum atomic E-state index is 13.4. The highest BCUT2D eigenvalue weighted by Crippen LogP contribution is 2.30. The van der Waals surface area contributed by atoms with Crippen molar-refractivity contribution < 1.29 is 9.59 Å². The first kappa shape index (κ1) is 21.1. The molecule has 0 bridgehead atoms. The van der Waals surface area contributed by atoms with Crippen molar-refractivity contribution in [3.8, 4) is 0 Å². The van der Waals surface area contributed by atoms with Crippen molar-refractivity contribution in [1.29, 1.82) is 0 Å². The highest BCUT2D eigenvalue weighted by atomic mass is 16.2. The summed E-state index contributed by atoms with van der Waals surface area (Å²) in [6.45, 7) is 3.08. The fourth-order valence-electron chi connectivity index (χ4n) is 4.75. The maximum Gasteiger partial charge on any atom is 0.256 e. The van der Waals surface area contributed by atoms with E-state index in [0.29, 0.717) is 24.6 Å². The second-order valence-electron chi connectivity index (χ2n) is 8.67. The second-order valence-corrected chi connectivity index (χ2v) is 8.67. The summed E-state index contributed by atoms with van der Waals surface area (Å²) in [6, 6.07) is 15.5. The van der Waals surface area contributed by atoms with Crippen LogP contribution in [0.5, 0.6) is 0 Å². The topological polar surface area (TPSA) is 69.6 Å². The zero-order chi connectivity index (χ0) is 22.6. The van der Waals surface area contributed by atoms with Gasteiger partial charge in [-0.15, -0.1) is 0 Å². The molecule has 1 aromatic carbocycles. The van der Waals surface area contributed by atoms with Gasteiger partial charge in [0, 0.05) is 62.3 Å². The number of nitrogens with zero attached hydrogens (tertiary/aromatic N) is 5. The van der Waals surface area contributed by atoms with Gasteiger partial charge >= 0.3 is 0 Å². The number of carbonyl (C=O) groups is 2. The average Bonchev–Trinajstić information content (AvgIpc) is 3.01. The third-order valence-corrected chi connectivity index (χ3v) is 6.55. The largest absolute Gasteiger partial charge is 0.371 e. The lowest BCUT2D eigenvalue weighted by atomic mass is 9.95. The van der Waals surface area contributed by atoms with Crippen molar-refractivity contribution in [2.45, 2.75) is 19.4 Å². The van der Waals surface area contributed by atoms with Gasteiger partial charge < -0.3 is 14.7 Å². The molecule has 0 radical (unpaired) electrons. The first-order valence-corrected chi connectivity index (χ1v) is 11.4. The molecule has 0 atom stereocenters. The molecule has 2 aromatic heterocycles. The molecule has 0 saturated carbocycles. The number of fused-ring (bicyclic) bond motifs is 1. The Kier molecular flexibility index (Phi) is 6.02. The first-order chi connectivity index (χ1) is 16.2. The van der Waals surface area contributed by atoms with Gasteiger partial charge in [0.25, 0.3) is 5.91 Å². The van der Waals surface area contributed by atoms with E-state index >= 15 is 0 Å². The SMILES string of the molecule is O=C(c1cccnc1)N1CC(=O)N(CC2CCN(c3ccncc3)CC2)c2ccccc2C1. The number of hydrogen-bond acceptors (Lipinski definition) is 5. The van der Waals surface area contributed by atoms with E-state index in [1.165, 1.54) is 5.69 Å². The number of hydrogen-bond donors (Lipinski definition) is 0. The zero-order valence-electron chi connectivity index (χ0n) is 18.5. The molecule has 168 valence electrons. The third kappa shape index (κ3) is 4.58. The van der Waals surface area contributed by atoms with E-state index in [-0.39, 0.29) is 18.4 Å². The predicted octanol–water partition coefficient (Wildman–Crippen LogP) is 3.38. The molecule has 7 nitrogen and oxygen atoms in total. The maximum absolute atomic E-state index is 13.4. The number of carbonyl (C=O) groups excluding carboxylic acids is 2. The molecule has 4 heterocycles. The van der Waals surface area contributed by atoms with Crippen molar-refractivity contribution in [1.82, 2.24) is 14.9 Å². The number of piperidine rings is 1. The minimum Gasteiger partial charge on any atom is -0.371 e. The number of amides is 2. The summed E-state index contributed by atoms with van der Waals surface area (Å²) in [6.07, 6.45) is 8.89. The molecule has 33 heavy (non-hydrogen) atoms. The third-order valence-electron chi connectivity index (χ3n) is 6.55. The smallest absolute Gasteiger partial charge is 0.256 e. The summed E-state index contributed by atoms with van der Waals surface area (Å²) >= 11 is 0. The van der Waals surface area contributed by atoms with Gasteiger partial charge in [0.15, 0.2) is 0 Å². The lowest BCUT2D eigenvalue weighted by molar-refractivity contribution is -0.119. The van der Waals surface area contributed by atoms with Gasteiger partial charge in [0.05, 0.1) is 5.56 Å². The van der Waals surface area contributed by atoms with Crippen molar-refractivity contribution >= 4 is 23.2 Å². The molecule has 5 rings (SSSR count). The summed E-state index contributed by atoms with van der Waals surface area (Å²) in [7, 11) is 0. The van der Waals surface area contributed by atoms with E-state index in [2.05, 4.69) is 14.9 Å². The van der Waals surface area contributed by atoms with Crippen LogP contribution in [0.1, 0.15) is 28.8 Å². The van der Waals surface area contributed by atoms with Crippen LogP contribution in [0.4, 0.5) is 11.4 Å². The Balaban J connectivity index is 1.31. The van der Waals surface area contributed by atoms with Crippen LogP contribution < -0.4 is 9.80 Å². The standard InChI is InChI=1S/C26H27N5O2/c32-25-19-30(26(33)21-5-3-11-28-16-21)18-22-4-1-2-6-24(22)31(25)17-20-9-14-29(15-10-20)23-7-12-27-13-8-23/h1-8,11-13,16,20H,9-10,14-15,17-19H2. The molecule has 7 heteroatoms. The zero-order valence-corrected chi connectivity index (χ0v) is 18.5. The normalized spacial score (nSPS) is 17.0. The Morgan fingerprint density at radius 2 is 1.70 bits per heavy atom. The monoisotopic (exact) mass is 441 g/mol. The lowest BCUT2D eigenvalue weighted by Gasteiger charge is -2.36. The summed E-state index contributed by atoms with van der Waals surface area (Å²) in [4.78, 5) is 40.5. The van der Waals surface area contributed by atoms with E-state index in [9.17, 15) is 9.59 Å². The van der Waals surface area contributed by atoms with Crippen molar-refractivity contribution in [3.05, 3.63) is 84.4 Å². The van der Waals surface area contributed by atoms with Gasteiger partial charge in [-0.2, -0.15) is 0 Å². The van der Waals surface area contributed by atoms with Crippen molar-refractivity contribution in [2.75, 3.05) is 36.0 Å². The predicted molar refractivity (Wildman–Crippen MR) is 127 cm³/mol. The van der Waals surface area contributed by atoms with Crippen LogP contribution in [0.15, 0.2) is 73.3 Å².